The molecule has 0 aliphatic carbocycles. The Hall–Kier alpha value is -2.09. The number of alkyl halides is 3. The van der Waals surface area contributed by atoms with Crippen molar-refractivity contribution in [2.45, 2.75) is 59.2 Å². The summed E-state index contributed by atoms with van der Waals surface area (Å²) < 4.78 is 54.8. The van der Waals surface area contributed by atoms with Crippen LogP contribution in [-0.2, 0) is 30.0 Å². The number of hydrogen-bond acceptors (Lipinski definition) is 5. The molecule has 0 amide bonds. The molecule has 0 unspecified atom stereocenters. The fourth-order valence-corrected chi connectivity index (χ4v) is 2.65. The van der Waals surface area contributed by atoms with Crippen molar-refractivity contribution < 1.29 is 37.0 Å². The van der Waals surface area contributed by atoms with E-state index in [9.17, 15) is 22.8 Å². The van der Waals surface area contributed by atoms with Crippen molar-refractivity contribution >= 4 is 11.9 Å². The van der Waals surface area contributed by atoms with Crippen LogP contribution in [0.2, 0.25) is 0 Å². The molecule has 0 aliphatic rings. The molecule has 2 atom stereocenters. The third-order valence-electron chi connectivity index (χ3n) is 4.21. The van der Waals surface area contributed by atoms with Gasteiger partial charge < -0.3 is 14.2 Å². The van der Waals surface area contributed by atoms with E-state index in [1.807, 2.05) is 0 Å². The number of hydrogen-bond donors (Lipinski definition) is 0. The van der Waals surface area contributed by atoms with Gasteiger partial charge in [0, 0.05) is 13.0 Å². The van der Waals surface area contributed by atoms with Crippen molar-refractivity contribution in [3.05, 3.63) is 35.4 Å². The molecule has 0 N–H and O–H groups in total. The van der Waals surface area contributed by atoms with E-state index < -0.39 is 46.5 Å². The van der Waals surface area contributed by atoms with Crippen LogP contribution in [-0.4, -0.2) is 37.9 Å². The molecular formula is C22H31F3O5. The Labute approximate surface area is 175 Å². The molecule has 170 valence electrons. The van der Waals surface area contributed by atoms with Crippen molar-refractivity contribution in [3.63, 3.8) is 0 Å². The molecule has 30 heavy (non-hydrogen) atoms. The summed E-state index contributed by atoms with van der Waals surface area (Å²) in [5.74, 6) is -2.74. The van der Waals surface area contributed by atoms with Crippen LogP contribution in [0.25, 0.3) is 0 Å². The summed E-state index contributed by atoms with van der Waals surface area (Å²) >= 11 is 0. The first kappa shape index (κ1) is 25.9. The maximum Gasteiger partial charge on any atom is 0.416 e. The maximum atomic E-state index is 12.9. The molecule has 1 aromatic carbocycles. The molecule has 0 heterocycles. The summed E-state index contributed by atoms with van der Waals surface area (Å²) in [6.45, 7) is 9.90. The minimum absolute atomic E-state index is 0.0301. The van der Waals surface area contributed by atoms with E-state index in [2.05, 4.69) is 0 Å². The molecule has 0 saturated heterocycles. The highest BCUT2D eigenvalue weighted by Gasteiger charge is 2.37. The Morgan fingerprint density at radius 3 is 1.87 bits per heavy atom. The number of benzene rings is 1. The normalized spacial score (nSPS) is 14.7. The van der Waals surface area contributed by atoms with Gasteiger partial charge in [-0.3, -0.25) is 9.59 Å². The van der Waals surface area contributed by atoms with E-state index in [1.165, 1.54) is 19.2 Å². The number of rotatable bonds is 7. The lowest BCUT2D eigenvalue weighted by molar-refractivity contribution is -0.168. The lowest BCUT2D eigenvalue weighted by Crippen LogP contribution is -2.37. The van der Waals surface area contributed by atoms with Crippen LogP contribution < -0.4 is 0 Å². The minimum Gasteiger partial charge on any atom is -0.464 e. The monoisotopic (exact) mass is 432 g/mol. The molecule has 1 rings (SSSR count). The maximum absolute atomic E-state index is 12.9. The molecule has 0 bridgehead atoms. The second kappa shape index (κ2) is 9.81. The van der Waals surface area contributed by atoms with E-state index in [4.69, 9.17) is 14.2 Å². The number of halogens is 3. The molecule has 8 heteroatoms. The largest absolute Gasteiger partial charge is 0.464 e. The second-order valence-electron chi connectivity index (χ2n) is 9.17. The molecule has 0 radical (unpaired) electrons. The third kappa shape index (κ3) is 7.97. The van der Waals surface area contributed by atoms with E-state index in [-0.39, 0.29) is 13.2 Å². The van der Waals surface area contributed by atoms with Crippen molar-refractivity contribution in [2.75, 3.05) is 20.3 Å². The first-order chi connectivity index (χ1) is 13.6. The van der Waals surface area contributed by atoms with Crippen LogP contribution in [0, 0.1) is 11.3 Å². The zero-order valence-electron chi connectivity index (χ0n) is 18.6. The fraction of sp³-hybridized carbons (Fsp3) is 0.636. The number of methoxy groups -OCH3 is 1. The minimum atomic E-state index is -4.47. The molecule has 0 saturated carbocycles. The molecule has 0 aromatic heterocycles. The van der Waals surface area contributed by atoms with Crippen LogP contribution in [0.3, 0.4) is 0 Å². The van der Waals surface area contributed by atoms with Crippen LogP contribution in [0.1, 0.15) is 58.6 Å². The van der Waals surface area contributed by atoms with E-state index in [1.54, 1.807) is 41.5 Å². The second-order valence-corrected chi connectivity index (χ2v) is 9.17. The van der Waals surface area contributed by atoms with Gasteiger partial charge in [-0.05, 0) is 59.2 Å². The summed E-state index contributed by atoms with van der Waals surface area (Å²) in [6, 6.07) is 4.50. The van der Waals surface area contributed by atoms with Gasteiger partial charge in [0.1, 0.15) is 18.1 Å². The highest BCUT2D eigenvalue weighted by Crippen LogP contribution is 2.33. The van der Waals surface area contributed by atoms with Crippen molar-refractivity contribution in [3.8, 4) is 0 Å². The van der Waals surface area contributed by atoms with Gasteiger partial charge in [-0.25, -0.2) is 0 Å². The molecule has 1 aromatic rings. The summed E-state index contributed by atoms with van der Waals surface area (Å²) in [4.78, 5) is 25.1. The van der Waals surface area contributed by atoms with Crippen molar-refractivity contribution in [2.24, 2.45) is 11.3 Å². The Morgan fingerprint density at radius 1 is 0.933 bits per heavy atom. The number of carbonyl (C=O) groups is 2. The van der Waals surface area contributed by atoms with Crippen molar-refractivity contribution in [1.82, 2.24) is 0 Å². The SMILES string of the molecule is COC[C@H](c1ccc(C(F)(F)F)cc1)[C@H](COC(=O)C(C)(C)C)C(=O)OC(C)(C)C. The van der Waals surface area contributed by atoms with Gasteiger partial charge in [0.05, 0.1) is 17.6 Å². The lowest BCUT2D eigenvalue weighted by atomic mass is 9.86. The van der Waals surface area contributed by atoms with Crippen LogP contribution in [0.4, 0.5) is 13.2 Å². The average Bonchev–Trinajstić information content (AvgIpc) is 2.57. The predicted octanol–water partition coefficient (Wildman–Crippen LogP) is 4.98. The number of carbonyl (C=O) groups excluding carboxylic acids is 2. The van der Waals surface area contributed by atoms with Gasteiger partial charge in [0.15, 0.2) is 0 Å². The smallest absolute Gasteiger partial charge is 0.416 e. The zero-order valence-corrected chi connectivity index (χ0v) is 18.6. The Balaban J connectivity index is 3.25. The number of esters is 2. The number of ether oxygens (including phenoxy) is 3. The van der Waals surface area contributed by atoms with E-state index in [0.717, 1.165) is 12.1 Å². The fourth-order valence-electron chi connectivity index (χ4n) is 2.65. The highest BCUT2D eigenvalue weighted by atomic mass is 19.4. The molecule has 0 aliphatic heterocycles. The first-order valence-electron chi connectivity index (χ1n) is 9.62. The van der Waals surface area contributed by atoms with E-state index in [0.29, 0.717) is 5.56 Å². The van der Waals surface area contributed by atoms with Gasteiger partial charge in [-0.15, -0.1) is 0 Å². The van der Waals surface area contributed by atoms with Gasteiger partial charge in [-0.1, -0.05) is 12.1 Å². The standard InChI is InChI=1S/C22H31F3O5/c1-20(2,3)19(27)29-13-17(18(26)30-21(4,5)6)16(12-28-7)14-8-10-15(11-9-14)22(23,24)25/h8-11,16-17H,12-13H2,1-7H3/t16-,17+/m1/s1. The van der Waals surface area contributed by atoms with E-state index >= 15 is 0 Å². The molecule has 5 nitrogen and oxygen atoms in total. The molecule has 0 fully saturated rings. The Kier molecular flexibility index (Phi) is 8.49. The van der Waals surface area contributed by atoms with Gasteiger partial charge >= 0.3 is 18.1 Å². The van der Waals surface area contributed by atoms with Gasteiger partial charge in [0.2, 0.25) is 0 Å². The molecule has 0 spiro atoms. The van der Waals surface area contributed by atoms with Crippen molar-refractivity contribution in [1.29, 1.82) is 0 Å². The topological polar surface area (TPSA) is 61.8 Å². The highest BCUT2D eigenvalue weighted by molar-refractivity contribution is 5.77. The first-order valence-corrected chi connectivity index (χ1v) is 9.62. The average molecular weight is 432 g/mol. The van der Waals surface area contributed by atoms with Crippen LogP contribution in [0.5, 0.6) is 0 Å². The van der Waals surface area contributed by atoms with Crippen LogP contribution >= 0.6 is 0 Å². The summed E-state index contributed by atoms with van der Waals surface area (Å²) in [6.07, 6.45) is -4.47. The third-order valence-corrected chi connectivity index (χ3v) is 4.21. The van der Waals surface area contributed by atoms with Gasteiger partial charge in [-0.2, -0.15) is 13.2 Å². The summed E-state index contributed by atoms with van der Waals surface area (Å²) in [5, 5.41) is 0. The van der Waals surface area contributed by atoms with Gasteiger partial charge in [0.25, 0.3) is 0 Å². The quantitative estimate of drug-likeness (QED) is 0.569. The lowest BCUT2D eigenvalue weighted by Gasteiger charge is -2.30. The van der Waals surface area contributed by atoms with Crippen LogP contribution in [0.15, 0.2) is 24.3 Å². The summed E-state index contributed by atoms with van der Waals surface area (Å²) in [5.41, 5.74) is -1.91. The zero-order chi connectivity index (χ0) is 23.3. The Morgan fingerprint density at radius 2 is 1.47 bits per heavy atom. The summed E-state index contributed by atoms with van der Waals surface area (Å²) in [7, 11) is 1.42. The molecular weight excluding hydrogens is 401 g/mol. The Bertz CT molecular complexity index is 712. The predicted molar refractivity (Wildman–Crippen MR) is 106 cm³/mol.